The molecule has 9 nitrogen and oxygen atoms in total. The number of carbonyl (C=O) groups excluding carboxylic acids is 1. The van der Waals surface area contributed by atoms with Crippen molar-refractivity contribution in [3.8, 4) is 22.8 Å². The SMILES string of the molecule is [C-]#[N+]c1ccc(-n2nccc2-c2c(C)n(-c3cccc(C(F)(F)F)c3)c(=O)n2C(=O)N[C@@H](C)c2cc[n+](CC)cc2)cc1. The van der Waals surface area contributed by atoms with Crippen LogP contribution in [0.25, 0.3) is 27.6 Å². The molecule has 3 heterocycles. The Balaban J connectivity index is 1.67. The first kappa shape index (κ1) is 29.1. The molecule has 0 aliphatic heterocycles. The van der Waals surface area contributed by atoms with Gasteiger partial charge in [-0.05, 0) is 62.7 Å². The van der Waals surface area contributed by atoms with Gasteiger partial charge in [-0.2, -0.15) is 18.3 Å². The minimum atomic E-state index is -4.63. The van der Waals surface area contributed by atoms with Gasteiger partial charge in [-0.1, -0.05) is 18.2 Å². The maximum atomic E-state index is 14.0. The molecule has 3 aromatic heterocycles. The Labute approximate surface area is 244 Å². The summed E-state index contributed by atoms with van der Waals surface area (Å²) < 4.78 is 46.2. The van der Waals surface area contributed by atoms with Gasteiger partial charge in [-0.15, -0.1) is 0 Å². The Morgan fingerprint density at radius 3 is 2.40 bits per heavy atom. The molecule has 0 aliphatic carbocycles. The number of amides is 1. The number of hydrogen-bond donors (Lipinski definition) is 1. The van der Waals surface area contributed by atoms with Gasteiger partial charge in [0.15, 0.2) is 18.1 Å². The smallest absolute Gasteiger partial charge is 0.331 e. The zero-order chi connectivity index (χ0) is 30.9. The van der Waals surface area contributed by atoms with Crippen LogP contribution in [0.15, 0.2) is 90.1 Å². The second kappa shape index (κ2) is 11.4. The van der Waals surface area contributed by atoms with Crippen molar-refractivity contribution in [3.63, 3.8) is 0 Å². The van der Waals surface area contributed by atoms with Crippen LogP contribution in [0.3, 0.4) is 0 Å². The van der Waals surface area contributed by atoms with Gasteiger partial charge < -0.3 is 5.32 Å². The summed E-state index contributed by atoms with van der Waals surface area (Å²) in [6.45, 7) is 13.3. The van der Waals surface area contributed by atoms with Crippen molar-refractivity contribution in [3.05, 3.63) is 124 Å². The first-order valence-corrected chi connectivity index (χ1v) is 13.4. The number of carbonyl (C=O) groups is 1. The molecule has 0 saturated carbocycles. The molecule has 2 aromatic carbocycles. The number of pyridine rings is 1. The van der Waals surface area contributed by atoms with Gasteiger partial charge in [0, 0.05) is 12.1 Å². The molecule has 0 saturated heterocycles. The Kier molecular flexibility index (Phi) is 7.74. The van der Waals surface area contributed by atoms with Crippen molar-refractivity contribution in [1.82, 2.24) is 24.2 Å². The standard InChI is InChI=1S/C31H26F3N7O2/c1-5-38-17-14-22(15-18-38)20(2)37-29(42)40-28(27-13-16-36-41(27)25-11-9-24(35-4)10-12-25)21(3)39(30(40)43)26-8-6-7-23(19-26)31(32,33)34/h6-20H,5H2,1-3H3/p+1/t20-/m0/s1. The van der Waals surface area contributed by atoms with E-state index in [4.69, 9.17) is 6.57 Å². The molecule has 5 rings (SSSR count). The van der Waals surface area contributed by atoms with E-state index in [-0.39, 0.29) is 17.1 Å². The molecule has 0 radical (unpaired) electrons. The lowest BCUT2D eigenvalue weighted by molar-refractivity contribution is -0.693. The van der Waals surface area contributed by atoms with Crippen LogP contribution in [-0.4, -0.2) is 24.9 Å². The fourth-order valence-corrected chi connectivity index (χ4v) is 4.88. The number of benzene rings is 2. The van der Waals surface area contributed by atoms with Gasteiger partial charge in [0.25, 0.3) is 0 Å². The Morgan fingerprint density at radius 1 is 1.07 bits per heavy atom. The maximum Gasteiger partial charge on any atom is 0.416 e. The lowest BCUT2D eigenvalue weighted by Gasteiger charge is -2.15. The molecule has 0 spiro atoms. The van der Waals surface area contributed by atoms with E-state index in [9.17, 15) is 22.8 Å². The van der Waals surface area contributed by atoms with Crippen molar-refractivity contribution in [1.29, 1.82) is 0 Å². The molecular weight excluding hydrogens is 559 g/mol. The number of halogens is 3. The lowest BCUT2D eigenvalue weighted by Crippen LogP contribution is -2.39. The molecule has 0 unspecified atom stereocenters. The third kappa shape index (κ3) is 5.57. The monoisotopic (exact) mass is 586 g/mol. The van der Waals surface area contributed by atoms with Crippen LogP contribution in [0.1, 0.15) is 36.7 Å². The highest BCUT2D eigenvalue weighted by Crippen LogP contribution is 2.32. The van der Waals surface area contributed by atoms with E-state index in [2.05, 4.69) is 15.3 Å². The Morgan fingerprint density at radius 2 is 1.77 bits per heavy atom. The summed E-state index contributed by atoms with van der Waals surface area (Å²) in [5.74, 6) is 0. The van der Waals surface area contributed by atoms with Crippen molar-refractivity contribution >= 4 is 11.7 Å². The van der Waals surface area contributed by atoms with Crippen molar-refractivity contribution in [2.45, 2.75) is 39.5 Å². The molecule has 1 N–H and O–H groups in total. The van der Waals surface area contributed by atoms with E-state index in [1.165, 1.54) is 23.0 Å². The average Bonchev–Trinajstić information content (AvgIpc) is 3.58. The van der Waals surface area contributed by atoms with E-state index >= 15 is 0 Å². The first-order chi connectivity index (χ1) is 20.5. The molecule has 1 amide bonds. The third-order valence-electron chi connectivity index (χ3n) is 7.15. The second-order valence-corrected chi connectivity index (χ2v) is 9.83. The zero-order valence-corrected chi connectivity index (χ0v) is 23.5. The molecule has 0 fully saturated rings. The summed E-state index contributed by atoms with van der Waals surface area (Å²) in [4.78, 5) is 31.2. The number of nitrogens with one attached hydrogen (secondary N) is 1. The predicted octanol–water partition coefficient (Wildman–Crippen LogP) is 6.00. The molecule has 5 aromatic rings. The Bertz CT molecular complexity index is 1890. The highest BCUT2D eigenvalue weighted by atomic mass is 19.4. The molecule has 0 bridgehead atoms. The molecule has 1 atom stereocenters. The fourth-order valence-electron chi connectivity index (χ4n) is 4.88. The average molecular weight is 587 g/mol. The Hall–Kier alpha value is -5.44. The van der Waals surface area contributed by atoms with Crippen molar-refractivity contribution in [2.24, 2.45) is 0 Å². The topological polar surface area (TPSA) is 82.1 Å². The summed E-state index contributed by atoms with van der Waals surface area (Å²) in [6, 6.07) is 15.0. The third-order valence-corrected chi connectivity index (χ3v) is 7.15. The summed E-state index contributed by atoms with van der Waals surface area (Å²) in [5.41, 5.74) is 0.685. The molecule has 12 heteroatoms. The van der Waals surface area contributed by atoms with Crippen LogP contribution in [0, 0.1) is 13.5 Å². The largest absolute Gasteiger partial charge is 0.416 e. The number of hydrogen-bond acceptors (Lipinski definition) is 3. The maximum absolute atomic E-state index is 14.0. The summed E-state index contributed by atoms with van der Waals surface area (Å²) >= 11 is 0. The molecule has 43 heavy (non-hydrogen) atoms. The highest BCUT2D eigenvalue weighted by Gasteiger charge is 2.32. The predicted molar refractivity (Wildman–Crippen MR) is 153 cm³/mol. The molecule has 218 valence electrons. The number of aryl methyl sites for hydroxylation is 1. The molecular formula is C31H27F3N7O2+. The summed E-state index contributed by atoms with van der Waals surface area (Å²) in [6.07, 6.45) is 0.609. The lowest BCUT2D eigenvalue weighted by atomic mass is 10.1. The van der Waals surface area contributed by atoms with Gasteiger partial charge >= 0.3 is 17.9 Å². The minimum Gasteiger partial charge on any atom is -0.331 e. The number of alkyl halides is 3. The van der Waals surface area contributed by atoms with E-state index < -0.39 is 29.5 Å². The van der Waals surface area contributed by atoms with Crippen molar-refractivity contribution in [2.75, 3.05) is 0 Å². The molecule has 0 aliphatic rings. The van der Waals surface area contributed by atoms with Crippen LogP contribution in [0.5, 0.6) is 0 Å². The van der Waals surface area contributed by atoms with Crippen LogP contribution >= 0.6 is 0 Å². The summed E-state index contributed by atoms with van der Waals surface area (Å²) in [7, 11) is 0. The van der Waals surface area contributed by atoms with Gasteiger partial charge in [0.05, 0.1) is 47.1 Å². The minimum absolute atomic E-state index is 0.0437. The van der Waals surface area contributed by atoms with E-state index in [1.54, 1.807) is 44.2 Å². The second-order valence-electron chi connectivity index (χ2n) is 9.83. The number of rotatable bonds is 6. The number of aromatic nitrogens is 5. The summed E-state index contributed by atoms with van der Waals surface area (Å²) in [5, 5.41) is 7.23. The van der Waals surface area contributed by atoms with Gasteiger partial charge in [-0.3, -0.25) is 4.57 Å². The van der Waals surface area contributed by atoms with Gasteiger partial charge in [0.2, 0.25) is 0 Å². The first-order valence-electron chi connectivity index (χ1n) is 13.4. The normalized spacial score (nSPS) is 12.1. The van der Waals surface area contributed by atoms with E-state index in [0.717, 1.165) is 33.4 Å². The van der Waals surface area contributed by atoms with Crippen LogP contribution in [-0.2, 0) is 12.7 Å². The van der Waals surface area contributed by atoms with Crippen LogP contribution in [0.2, 0.25) is 0 Å². The van der Waals surface area contributed by atoms with Gasteiger partial charge in [0.1, 0.15) is 12.2 Å². The number of nitrogens with zero attached hydrogens (tertiary/aromatic N) is 6. The highest BCUT2D eigenvalue weighted by molar-refractivity contribution is 5.83. The van der Waals surface area contributed by atoms with E-state index in [1.807, 2.05) is 36.0 Å². The van der Waals surface area contributed by atoms with E-state index in [0.29, 0.717) is 17.1 Å². The van der Waals surface area contributed by atoms with Gasteiger partial charge in [-0.25, -0.2) is 28.3 Å². The van der Waals surface area contributed by atoms with Crippen LogP contribution < -0.4 is 15.6 Å². The fraction of sp³-hybridized carbons (Fsp3) is 0.194. The quantitative estimate of drug-likeness (QED) is 0.196. The number of imidazole rings is 1. The van der Waals surface area contributed by atoms with Crippen molar-refractivity contribution < 1.29 is 22.5 Å². The van der Waals surface area contributed by atoms with Crippen LogP contribution in [0.4, 0.5) is 23.7 Å². The zero-order valence-electron chi connectivity index (χ0n) is 23.5.